The van der Waals surface area contributed by atoms with Gasteiger partial charge in [-0.2, -0.15) is 0 Å². The molecule has 0 aliphatic carbocycles. The van der Waals surface area contributed by atoms with Crippen molar-refractivity contribution in [2.45, 2.75) is 52.5 Å². The summed E-state index contributed by atoms with van der Waals surface area (Å²) in [5.74, 6) is 0.914. The van der Waals surface area contributed by atoms with Gasteiger partial charge in [0.25, 0.3) is 0 Å². The first-order valence-corrected chi connectivity index (χ1v) is 8.83. The van der Waals surface area contributed by atoms with E-state index < -0.39 is 0 Å². The fourth-order valence-corrected chi connectivity index (χ4v) is 3.35. The van der Waals surface area contributed by atoms with E-state index in [0.29, 0.717) is 0 Å². The van der Waals surface area contributed by atoms with Crippen LogP contribution in [-0.4, -0.2) is 31.1 Å². The van der Waals surface area contributed by atoms with Crippen LogP contribution in [0.2, 0.25) is 0 Å². The van der Waals surface area contributed by atoms with Crippen molar-refractivity contribution in [2.75, 3.05) is 26.2 Å². The molecule has 1 aliphatic rings. The molecule has 2 nitrogen and oxygen atoms in total. The zero-order valence-corrected chi connectivity index (χ0v) is 13.9. The number of nitrogens with one attached hydrogen (secondary N) is 1. The molecule has 1 N–H and O–H groups in total. The Labute approximate surface area is 130 Å². The Bertz CT molecular complexity index is 402. The molecular weight excluding hydrogens is 256 g/mol. The van der Waals surface area contributed by atoms with Crippen molar-refractivity contribution in [3.8, 4) is 0 Å². The van der Waals surface area contributed by atoms with Gasteiger partial charge in [-0.25, -0.2) is 0 Å². The van der Waals surface area contributed by atoms with Crippen LogP contribution in [0, 0.1) is 5.92 Å². The van der Waals surface area contributed by atoms with Crippen LogP contribution in [-0.2, 0) is 13.0 Å². The predicted octanol–water partition coefficient (Wildman–Crippen LogP) is 3.85. The van der Waals surface area contributed by atoms with E-state index in [-0.39, 0.29) is 0 Å². The molecule has 0 amide bonds. The maximum Gasteiger partial charge on any atom is 0.0236 e. The summed E-state index contributed by atoms with van der Waals surface area (Å²) in [4.78, 5) is 2.66. The third kappa shape index (κ3) is 5.44. The van der Waals surface area contributed by atoms with Crippen LogP contribution in [0.4, 0.5) is 0 Å². The summed E-state index contributed by atoms with van der Waals surface area (Å²) in [5.41, 5.74) is 3.06. The topological polar surface area (TPSA) is 15.3 Å². The van der Waals surface area contributed by atoms with Crippen LogP contribution >= 0.6 is 0 Å². The van der Waals surface area contributed by atoms with Gasteiger partial charge in [0, 0.05) is 13.1 Å². The Hall–Kier alpha value is -0.860. The van der Waals surface area contributed by atoms with Crippen molar-refractivity contribution >= 4 is 0 Å². The number of rotatable bonds is 8. The lowest BCUT2D eigenvalue weighted by Gasteiger charge is -2.32. The largest absolute Gasteiger partial charge is 0.316 e. The highest BCUT2D eigenvalue weighted by atomic mass is 15.1. The summed E-state index contributed by atoms with van der Waals surface area (Å²) in [6, 6.07) is 9.01. The van der Waals surface area contributed by atoms with E-state index in [0.717, 1.165) is 32.0 Å². The molecule has 0 bridgehead atoms. The molecule has 0 saturated carbocycles. The summed E-state index contributed by atoms with van der Waals surface area (Å²) in [6.45, 7) is 10.5. The van der Waals surface area contributed by atoms with Gasteiger partial charge in [0.1, 0.15) is 0 Å². The van der Waals surface area contributed by atoms with E-state index in [4.69, 9.17) is 0 Å². The van der Waals surface area contributed by atoms with Crippen molar-refractivity contribution < 1.29 is 0 Å². The summed E-state index contributed by atoms with van der Waals surface area (Å²) in [7, 11) is 0. The van der Waals surface area contributed by atoms with Crippen LogP contribution in [0.1, 0.15) is 50.7 Å². The second-order valence-electron chi connectivity index (χ2n) is 6.42. The Morgan fingerprint density at radius 2 is 1.95 bits per heavy atom. The molecule has 1 aromatic rings. The minimum atomic E-state index is 0.914. The maximum atomic E-state index is 3.52. The average molecular weight is 288 g/mol. The van der Waals surface area contributed by atoms with Gasteiger partial charge < -0.3 is 5.32 Å². The molecule has 0 aromatic heterocycles. The Morgan fingerprint density at radius 1 is 1.14 bits per heavy atom. The van der Waals surface area contributed by atoms with E-state index in [9.17, 15) is 0 Å². The number of benzene rings is 1. The Balaban J connectivity index is 1.89. The zero-order valence-electron chi connectivity index (χ0n) is 13.9. The van der Waals surface area contributed by atoms with Crippen LogP contribution < -0.4 is 5.32 Å². The van der Waals surface area contributed by atoms with Crippen LogP contribution in [0.5, 0.6) is 0 Å². The van der Waals surface area contributed by atoms with Gasteiger partial charge in [0.15, 0.2) is 0 Å². The molecule has 1 atom stereocenters. The fourth-order valence-electron chi connectivity index (χ4n) is 3.35. The van der Waals surface area contributed by atoms with Crippen molar-refractivity contribution in [3.05, 3.63) is 35.4 Å². The second-order valence-corrected chi connectivity index (χ2v) is 6.42. The van der Waals surface area contributed by atoms with Gasteiger partial charge in [-0.05, 0) is 62.4 Å². The molecular formula is C19H32N2. The van der Waals surface area contributed by atoms with E-state index in [1.165, 1.54) is 49.9 Å². The van der Waals surface area contributed by atoms with Gasteiger partial charge in [-0.1, -0.05) is 44.5 Å². The maximum absolute atomic E-state index is 3.52. The highest BCUT2D eigenvalue weighted by molar-refractivity contribution is 5.27. The zero-order chi connectivity index (χ0) is 14.9. The minimum Gasteiger partial charge on any atom is -0.316 e. The third-order valence-corrected chi connectivity index (χ3v) is 4.69. The number of hydrogen-bond donors (Lipinski definition) is 1. The lowest BCUT2D eigenvalue weighted by molar-refractivity contribution is 0.164. The summed E-state index contributed by atoms with van der Waals surface area (Å²) in [6.07, 6.45) is 6.50. The SMILES string of the molecule is CCCNCCc1ccccc1CN1CCCC(CC)C1. The highest BCUT2D eigenvalue weighted by Gasteiger charge is 2.18. The molecule has 0 radical (unpaired) electrons. The summed E-state index contributed by atoms with van der Waals surface area (Å²) >= 11 is 0. The smallest absolute Gasteiger partial charge is 0.0236 e. The van der Waals surface area contributed by atoms with Gasteiger partial charge in [-0.3, -0.25) is 4.90 Å². The molecule has 21 heavy (non-hydrogen) atoms. The molecule has 1 saturated heterocycles. The normalized spacial score (nSPS) is 19.8. The Morgan fingerprint density at radius 3 is 2.71 bits per heavy atom. The third-order valence-electron chi connectivity index (χ3n) is 4.69. The molecule has 0 spiro atoms. The first-order chi connectivity index (χ1) is 10.3. The molecule has 1 unspecified atom stereocenters. The lowest BCUT2D eigenvalue weighted by atomic mass is 9.94. The molecule has 1 heterocycles. The van der Waals surface area contributed by atoms with Crippen LogP contribution in [0.25, 0.3) is 0 Å². The van der Waals surface area contributed by atoms with Gasteiger partial charge >= 0.3 is 0 Å². The van der Waals surface area contributed by atoms with Crippen molar-refractivity contribution in [3.63, 3.8) is 0 Å². The van der Waals surface area contributed by atoms with E-state index in [1.54, 1.807) is 0 Å². The fraction of sp³-hybridized carbons (Fsp3) is 0.684. The minimum absolute atomic E-state index is 0.914. The molecule has 2 heteroatoms. The molecule has 1 aliphatic heterocycles. The predicted molar refractivity (Wildman–Crippen MR) is 91.6 cm³/mol. The van der Waals surface area contributed by atoms with Crippen LogP contribution in [0.3, 0.4) is 0 Å². The van der Waals surface area contributed by atoms with Crippen molar-refractivity contribution in [1.29, 1.82) is 0 Å². The Kier molecular flexibility index (Phi) is 7.25. The number of likely N-dealkylation sites (tertiary alicyclic amines) is 1. The second kappa shape index (κ2) is 9.22. The monoisotopic (exact) mass is 288 g/mol. The number of nitrogens with zero attached hydrogens (tertiary/aromatic N) is 1. The number of hydrogen-bond acceptors (Lipinski definition) is 2. The van der Waals surface area contributed by atoms with Gasteiger partial charge in [0.05, 0.1) is 0 Å². The van der Waals surface area contributed by atoms with E-state index in [2.05, 4.69) is 48.3 Å². The van der Waals surface area contributed by atoms with Crippen molar-refractivity contribution in [2.24, 2.45) is 5.92 Å². The average Bonchev–Trinajstić information content (AvgIpc) is 2.53. The van der Waals surface area contributed by atoms with E-state index >= 15 is 0 Å². The van der Waals surface area contributed by atoms with Crippen molar-refractivity contribution in [1.82, 2.24) is 10.2 Å². The quantitative estimate of drug-likeness (QED) is 0.731. The van der Waals surface area contributed by atoms with Gasteiger partial charge in [-0.15, -0.1) is 0 Å². The molecule has 118 valence electrons. The number of piperidine rings is 1. The van der Waals surface area contributed by atoms with E-state index in [1.807, 2.05) is 0 Å². The lowest BCUT2D eigenvalue weighted by Crippen LogP contribution is -2.35. The first-order valence-electron chi connectivity index (χ1n) is 8.83. The first kappa shape index (κ1) is 16.5. The highest BCUT2D eigenvalue weighted by Crippen LogP contribution is 2.22. The molecule has 1 fully saturated rings. The molecule has 2 rings (SSSR count). The molecule has 1 aromatic carbocycles. The van der Waals surface area contributed by atoms with Gasteiger partial charge in [0.2, 0.25) is 0 Å². The van der Waals surface area contributed by atoms with Crippen LogP contribution in [0.15, 0.2) is 24.3 Å². The summed E-state index contributed by atoms with van der Waals surface area (Å²) in [5, 5.41) is 3.52. The summed E-state index contributed by atoms with van der Waals surface area (Å²) < 4.78 is 0. The standard InChI is InChI=1S/C19H32N2/c1-3-12-20-13-11-18-9-5-6-10-19(18)16-21-14-7-8-17(4-2)15-21/h5-6,9-10,17,20H,3-4,7-8,11-16H2,1-2H3.